The van der Waals surface area contributed by atoms with Crippen LogP contribution in [-0.4, -0.2) is 53.2 Å². The fourth-order valence-electron chi connectivity index (χ4n) is 4.87. The normalized spacial score (nSPS) is 35.6. The van der Waals surface area contributed by atoms with Gasteiger partial charge < -0.3 is 14.9 Å². The summed E-state index contributed by atoms with van der Waals surface area (Å²) in [6.07, 6.45) is 4.63. The molecular formula is C18H21NO4. The smallest absolute Gasteiger partial charge is 0.161 e. The molecule has 4 rings (SSSR count). The van der Waals surface area contributed by atoms with Gasteiger partial charge in [0.15, 0.2) is 17.3 Å². The lowest BCUT2D eigenvalue weighted by Crippen LogP contribution is -2.71. The number of rotatable bonds is 1. The number of benzene rings is 1. The highest BCUT2D eigenvalue weighted by Gasteiger charge is 2.63. The molecule has 23 heavy (non-hydrogen) atoms. The van der Waals surface area contributed by atoms with Crippen molar-refractivity contribution in [2.75, 3.05) is 20.7 Å². The minimum atomic E-state index is -1.15. The number of piperidine rings is 1. The van der Waals surface area contributed by atoms with Crippen molar-refractivity contribution in [3.05, 3.63) is 35.4 Å². The molecule has 3 atom stereocenters. The van der Waals surface area contributed by atoms with Crippen molar-refractivity contribution in [2.45, 2.75) is 36.3 Å². The minimum absolute atomic E-state index is 0.00644. The molecule has 0 amide bonds. The number of nitrogens with zero attached hydrogens (tertiary/aromatic N) is 1. The molecule has 1 aliphatic heterocycles. The predicted molar refractivity (Wildman–Crippen MR) is 84.8 cm³/mol. The van der Waals surface area contributed by atoms with Crippen LogP contribution in [0.4, 0.5) is 0 Å². The third-order valence-electron chi connectivity index (χ3n) is 6.04. The van der Waals surface area contributed by atoms with Crippen LogP contribution in [0.1, 0.15) is 24.0 Å². The maximum Gasteiger partial charge on any atom is 0.161 e. The molecule has 1 aromatic carbocycles. The second kappa shape index (κ2) is 4.58. The van der Waals surface area contributed by atoms with Crippen molar-refractivity contribution in [3.63, 3.8) is 0 Å². The Bertz CT molecular complexity index is 728. The predicted octanol–water partition coefficient (Wildman–Crippen LogP) is 1.16. The van der Waals surface area contributed by atoms with Crippen molar-refractivity contribution in [1.82, 2.24) is 4.90 Å². The Morgan fingerprint density at radius 2 is 2.17 bits per heavy atom. The number of phenols is 1. The van der Waals surface area contributed by atoms with Crippen LogP contribution in [0, 0.1) is 0 Å². The Kier molecular flexibility index (Phi) is 2.93. The van der Waals surface area contributed by atoms with Crippen LogP contribution in [0.3, 0.4) is 0 Å². The summed E-state index contributed by atoms with van der Waals surface area (Å²) in [6.45, 7) is 0.782. The molecule has 5 heteroatoms. The van der Waals surface area contributed by atoms with Crippen molar-refractivity contribution in [2.24, 2.45) is 0 Å². The number of carbonyl (C=O) groups excluding carboxylic acids is 1. The average Bonchev–Trinajstić information content (AvgIpc) is 2.52. The van der Waals surface area contributed by atoms with Crippen LogP contribution < -0.4 is 4.74 Å². The Morgan fingerprint density at radius 1 is 1.39 bits per heavy atom. The molecule has 3 aliphatic rings. The second-order valence-electron chi connectivity index (χ2n) is 6.98. The van der Waals surface area contributed by atoms with Crippen LogP contribution in [0.15, 0.2) is 24.3 Å². The van der Waals surface area contributed by atoms with Gasteiger partial charge in [-0.2, -0.15) is 0 Å². The van der Waals surface area contributed by atoms with Crippen molar-refractivity contribution >= 4 is 5.78 Å². The Hall–Kier alpha value is -1.85. The van der Waals surface area contributed by atoms with Crippen LogP contribution >= 0.6 is 0 Å². The zero-order chi connectivity index (χ0) is 16.4. The fraction of sp³-hybridized carbons (Fsp3) is 0.500. The number of ketones is 1. The zero-order valence-corrected chi connectivity index (χ0v) is 13.4. The van der Waals surface area contributed by atoms with Crippen LogP contribution in [0.25, 0.3) is 0 Å². The highest BCUT2D eigenvalue weighted by molar-refractivity contribution is 5.93. The Labute approximate surface area is 135 Å². The highest BCUT2D eigenvalue weighted by Crippen LogP contribution is 2.58. The topological polar surface area (TPSA) is 70.0 Å². The quantitative estimate of drug-likeness (QED) is 0.814. The summed E-state index contributed by atoms with van der Waals surface area (Å²) >= 11 is 0. The number of carbonyl (C=O) groups is 1. The van der Waals surface area contributed by atoms with E-state index in [1.54, 1.807) is 12.1 Å². The Morgan fingerprint density at radius 3 is 2.91 bits per heavy atom. The first-order chi connectivity index (χ1) is 10.9. The molecule has 5 nitrogen and oxygen atoms in total. The summed E-state index contributed by atoms with van der Waals surface area (Å²) < 4.78 is 5.26. The number of likely N-dealkylation sites (N-methyl/N-ethyl adjacent to an activating group) is 1. The summed E-state index contributed by atoms with van der Waals surface area (Å²) in [5.41, 5.74) is -0.235. The third kappa shape index (κ3) is 1.66. The first-order valence-corrected chi connectivity index (χ1v) is 7.97. The number of allylic oxidation sites excluding steroid dienone is 1. The molecule has 1 fully saturated rings. The van der Waals surface area contributed by atoms with Gasteiger partial charge in [-0.15, -0.1) is 0 Å². The van der Waals surface area contributed by atoms with E-state index in [2.05, 4.69) is 4.90 Å². The molecule has 2 bridgehead atoms. The van der Waals surface area contributed by atoms with Crippen LogP contribution in [0.5, 0.6) is 11.5 Å². The zero-order valence-electron chi connectivity index (χ0n) is 13.4. The van der Waals surface area contributed by atoms with Crippen molar-refractivity contribution < 1.29 is 19.7 Å². The van der Waals surface area contributed by atoms with Gasteiger partial charge in [0.05, 0.1) is 7.11 Å². The monoisotopic (exact) mass is 315 g/mol. The van der Waals surface area contributed by atoms with Gasteiger partial charge in [-0.1, -0.05) is 6.07 Å². The van der Waals surface area contributed by atoms with Gasteiger partial charge in [-0.25, -0.2) is 0 Å². The maximum absolute atomic E-state index is 12.2. The van der Waals surface area contributed by atoms with E-state index in [-0.39, 0.29) is 24.0 Å². The number of ether oxygens (including phenoxy) is 1. The summed E-state index contributed by atoms with van der Waals surface area (Å²) in [6, 6.07) is 3.61. The van der Waals surface area contributed by atoms with Gasteiger partial charge in [-0.3, -0.25) is 9.69 Å². The molecule has 0 spiro atoms. The number of aliphatic hydroxyl groups is 1. The van der Waals surface area contributed by atoms with Gasteiger partial charge in [0.2, 0.25) is 0 Å². The number of hydrogen-bond acceptors (Lipinski definition) is 5. The van der Waals surface area contributed by atoms with Gasteiger partial charge >= 0.3 is 0 Å². The number of fused-ring (bicyclic) bond motifs is 1. The van der Waals surface area contributed by atoms with E-state index in [9.17, 15) is 15.0 Å². The number of aromatic hydroxyl groups is 1. The van der Waals surface area contributed by atoms with Gasteiger partial charge in [0, 0.05) is 23.4 Å². The lowest BCUT2D eigenvalue weighted by atomic mass is 9.51. The highest BCUT2D eigenvalue weighted by atomic mass is 16.5. The molecule has 0 saturated carbocycles. The van der Waals surface area contributed by atoms with E-state index < -0.39 is 11.0 Å². The lowest BCUT2D eigenvalue weighted by molar-refractivity contribution is -0.135. The molecule has 0 aromatic heterocycles. The second-order valence-corrected chi connectivity index (χ2v) is 6.98. The molecule has 2 N–H and O–H groups in total. The first-order valence-electron chi connectivity index (χ1n) is 7.97. The minimum Gasteiger partial charge on any atom is -0.504 e. The molecule has 0 radical (unpaired) electrons. The summed E-state index contributed by atoms with van der Waals surface area (Å²) in [7, 11) is 3.52. The summed E-state index contributed by atoms with van der Waals surface area (Å²) in [5, 5.41) is 22.3. The van der Waals surface area contributed by atoms with E-state index in [1.165, 1.54) is 13.2 Å². The van der Waals surface area contributed by atoms with E-state index in [0.29, 0.717) is 24.2 Å². The lowest BCUT2D eigenvalue weighted by Gasteiger charge is -2.61. The number of phenolic OH excluding ortho intramolecular Hbond substituents is 1. The molecule has 1 heterocycles. The standard InChI is InChI=1S/C18H21NO4/c1-19-8-7-17-10-12(20)5-6-18(17,22)14(19)9-11-3-4-13(23-2)16(21)15(11)17/h3-6,14,21-22H,7-10H2,1-2H3/t14-,17-,18-/m1/s1. The third-order valence-corrected chi connectivity index (χ3v) is 6.04. The van der Waals surface area contributed by atoms with Gasteiger partial charge in [-0.05, 0) is 50.2 Å². The van der Waals surface area contributed by atoms with Gasteiger partial charge in [0.25, 0.3) is 0 Å². The van der Waals surface area contributed by atoms with Gasteiger partial charge in [0.1, 0.15) is 5.60 Å². The van der Waals surface area contributed by atoms with Crippen molar-refractivity contribution in [1.29, 1.82) is 0 Å². The maximum atomic E-state index is 12.2. The largest absolute Gasteiger partial charge is 0.504 e. The molecular weight excluding hydrogens is 294 g/mol. The fourth-order valence-corrected chi connectivity index (χ4v) is 4.87. The number of methoxy groups -OCH3 is 1. The molecule has 2 aliphatic carbocycles. The summed E-state index contributed by atoms with van der Waals surface area (Å²) in [5.74, 6) is 0.447. The molecule has 122 valence electrons. The molecule has 0 unspecified atom stereocenters. The SMILES string of the molecule is COc1ccc2c(c1O)[C@]13CCN(C)[C@H](C2)[C@]1(O)C=CC(=O)C3. The summed E-state index contributed by atoms with van der Waals surface area (Å²) in [4.78, 5) is 14.3. The molecule has 1 aromatic rings. The van der Waals surface area contributed by atoms with E-state index in [0.717, 1.165) is 12.1 Å². The van der Waals surface area contributed by atoms with E-state index in [4.69, 9.17) is 4.74 Å². The Balaban J connectivity index is 2.04. The van der Waals surface area contributed by atoms with E-state index in [1.807, 2.05) is 13.1 Å². The van der Waals surface area contributed by atoms with Crippen LogP contribution in [0.2, 0.25) is 0 Å². The average molecular weight is 315 g/mol. The first kappa shape index (κ1) is 14.7. The number of likely N-dealkylation sites (tertiary alicyclic amines) is 1. The molecule has 1 saturated heterocycles. The number of hydrogen-bond donors (Lipinski definition) is 2. The van der Waals surface area contributed by atoms with Crippen molar-refractivity contribution in [3.8, 4) is 11.5 Å². The van der Waals surface area contributed by atoms with E-state index >= 15 is 0 Å². The van der Waals surface area contributed by atoms with Crippen LogP contribution in [-0.2, 0) is 16.6 Å².